The van der Waals surface area contributed by atoms with Gasteiger partial charge < -0.3 is 4.90 Å². The SMILES string of the molecule is Cc1nn(CC(=O)N(C)[C@H](C)c2ccc(S(C)(=O)=O)cc2)c(=O)c2ccccc12. The molecule has 1 amide bonds. The minimum atomic E-state index is -3.28. The third-order valence-electron chi connectivity index (χ3n) is 5.10. The smallest absolute Gasteiger partial charge is 0.275 e. The summed E-state index contributed by atoms with van der Waals surface area (Å²) in [6, 6.07) is 13.3. The third-order valence-corrected chi connectivity index (χ3v) is 6.23. The molecule has 0 aliphatic heterocycles. The molecule has 0 radical (unpaired) electrons. The van der Waals surface area contributed by atoms with E-state index in [1.165, 1.54) is 21.7 Å². The average Bonchev–Trinajstić information content (AvgIpc) is 2.70. The monoisotopic (exact) mass is 413 g/mol. The Morgan fingerprint density at radius 2 is 1.69 bits per heavy atom. The molecule has 3 aromatic rings. The van der Waals surface area contributed by atoms with Crippen LogP contribution in [0, 0.1) is 6.92 Å². The van der Waals surface area contributed by atoms with Crippen LogP contribution >= 0.6 is 0 Å². The number of carbonyl (C=O) groups excluding carboxylic acids is 1. The van der Waals surface area contributed by atoms with E-state index in [-0.39, 0.29) is 28.9 Å². The normalized spacial score (nSPS) is 12.7. The minimum absolute atomic E-state index is 0.174. The Hall–Kier alpha value is -3.00. The summed E-state index contributed by atoms with van der Waals surface area (Å²) < 4.78 is 24.4. The second-order valence-corrected chi connectivity index (χ2v) is 9.13. The van der Waals surface area contributed by atoms with Crippen molar-refractivity contribution in [1.29, 1.82) is 0 Å². The molecule has 0 saturated heterocycles. The van der Waals surface area contributed by atoms with E-state index < -0.39 is 9.84 Å². The maximum absolute atomic E-state index is 12.8. The van der Waals surface area contributed by atoms with E-state index in [9.17, 15) is 18.0 Å². The molecule has 0 bridgehead atoms. The van der Waals surface area contributed by atoms with Crippen LogP contribution in [0.3, 0.4) is 0 Å². The Labute approximate surface area is 169 Å². The largest absolute Gasteiger partial charge is 0.337 e. The summed E-state index contributed by atoms with van der Waals surface area (Å²) in [6.07, 6.45) is 1.15. The number of aryl methyl sites for hydroxylation is 1. The van der Waals surface area contributed by atoms with E-state index in [0.29, 0.717) is 11.1 Å². The molecule has 29 heavy (non-hydrogen) atoms. The zero-order valence-electron chi connectivity index (χ0n) is 16.8. The van der Waals surface area contributed by atoms with E-state index in [4.69, 9.17) is 0 Å². The van der Waals surface area contributed by atoms with Gasteiger partial charge >= 0.3 is 0 Å². The second kappa shape index (κ2) is 7.79. The molecule has 7 nitrogen and oxygen atoms in total. The van der Waals surface area contributed by atoms with E-state index in [1.54, 1.807) is 38.2 Å². The summed E-state index contributed by atoms with van der Waals surface area (Å²) in [5.74, 6) is -0.269. The standard InChI is InChI=1S/C21H23N3O4S/c1-14-18-7-5-6-8-19(18)21(26)24(22-14)13-20(25)23(3)15(2)16-9-11-17(12-10-16)29(4,27)28/h5-12,15H,13H2,1-4H3/t15-/m1/s1. The number of amides is 1. The predicted molar refractivity (Wildman–Crippen MR) is 111 cm³/mol. The summed E-state index contributed by atoms with van der Waals surface area (Å²) in [4.78, 5) is 27.2. The molecule has 0 aliphatic carbocycles. The molecule has 0 aliphatic rings. The highest BCUT2D eigenvalue weighted by molar-refractivity contribution is 7.90. The molecule has 3 rings (SSSR count). The van der Waals surface area contributed by atoms with Crippen molar-refractivity contribution in [1.82, 2.24) is 14.7 Å². The zero-order chi connectivity index (χ0) is 21.3. The van der Waals surface area contributed by atoms with Crippen molar-refractivity contribution in [2.75, 3.05) is 13.3 Å². The molecule has 1 aromatic heterocycles. The lowest BCUT2D eigenvalue weighted by atomic mass is 10.1. The van der Waals surface area contributed by atoms with E-state index in [1.807, 2.05) is 19.1 Å². The summed E-state index contributed by atoms with van der Waals surface area (Å²) >= 11 is 0. The van der Waals surface area contributed by atoms with Gasteiger partial charge in [0.2, 0.25) is 5.91 Å². The maximum Gasteiger partial charge on any atom is 0.275 e. The van der Waals surface area contributed by atoms with Gasteiger partial charge in [-0.2, -0.15) is 5.10 Å². The van der Waals surface area contributed by atoms with Crippen LogP contribution in [-0.2, 0) is 21.2 Å². The van der Waals surface area contributed by atoms with Crippen LogP contribution in [0.15, 0.2) is 58.2 Å². The molecule has 0 spiro atoms. The number of nitrogens with zero attached hydrogens (tertiary/aromatic N) is 3. The van der Waals surface area contributed by atoms with Crippen LogP contribution in [0.5, 0.6) is 0 Å². The molecule has 1 atom stereocenters. The first-order valence-electron chi connectivity index (χ1n) is 9.11. The fourth-order valence-corrected chi connectivity index (χ4v) is 3.81. The van der Waals surface area contributed by atoms with Crippen molar-refractivity contribution >= 4 is 26.5 Å². The van der Waals surface area contributed by atoms with Crippen LogP contribution in [-0.4, -0.2) is 42.3 Å². The van der Waals surface area contributed by atoms with Gasteiger partial charge in [0.05, 0.1) is 22.0 Å². The second-order valence-electron chi connectivity index (χ2n) is 7.12. The zero-order valence-corrected chi connectivity index (χ0v) is 17.6. The van der Waals surface area contributed by atoms with E-state index in [0.717, 1.165) is 17.2 Å². The number of aromatic nitrogens is 2. The summed E-state index contributed by atoms with van der Waals surface area (Å²) in [5, 5.41) is 5.58. The van der Waals surface area contributed by atoms with Crippen molar-refractivity contribution in [2.45, 2.75) is 31.3 Å². The fraction of sp³-hybridized carbons (Fsp3) is 0.286. The lowest BCUT2D eigenvalue weighted by Crippen LogP contribution is -2.36. The number of benzene rings is 2. The molecule has 0 saturated carbocycles. The molecule has 1 heterocycles. The minimum Gasteiger partial charge on any atom is -0.337 e. The Kier molecular flexibility index (Phi) is 5.57. The summed E-state index contributed by atoms with van der Waals surface area (Å²) in [7, 11) is -1.63. The topological polar surface area (TPSA) is 89.3 Å². The molecule has 8 heteroatoms. The molecule has 152 valence electrons. The average molecular weight is 413 g/mol. The number of hydrogen-bond acceptors (Lipinski definition) is 5. The number of carbonyl (C=O) groups is 1. The number of rotatable bonds is 5. The Bertz CT molecular complexity index is 1230. The van der Waals surface area contributed by atoms with Gasteiger partial charge in [0.15, 0.2) is 9.84 Å². The number of likely N-dealkylation sites (N-methyl/N-ethyl adjacent to an activating group) is 1. The van der Waals surface area contributed by atoms with Crippen LogP contribution < -0.4 is 5.56 Å². The summed E-state index contributed by atoms with van der Waals surface area (Å²) in [5.41, 5.74) is 1.17. The van der Waals surface area contributed by atoms with Crippen molar-refractivity contribution in [3.63, 3.8) is 0 Å². The van der Waals surface area contributed by atoms with Crippen molar-refractivity contribution in [3.8, 4) is 0 Å². The number of fused-ring (bicyclic) bond motifs is 1. The van der Waals surface area contributed by atoms with Gasteiger partial charge in [-0.3, -0.25) is 9.59 Å². The lowest BCUT2D eigenvalue weighted by Gasteiger charge is -2.25. The summed E-state index contributed by atoms with van der Waals surface area (Å²) in [6.45, 7) is 3.47. The molecule has 0 fully saturated rings. The van der Waals surface area contributed by atoms with Crippen molar-refractivity contribution in [3.05, 3.63) is 70.1 Å². The molecule has 0 unspecified atom stereocenters. The lowest BCUT2D eigenvalue weighted by molar-refractivity contribution is -0.132. The van der Waals surface area contributed by atoms with E-state index in [2.05, 4.69) is 5.10 Å². The molecule has 2 aromatic carbocycles. The van der Waals surface area contributed by atoms with Gasteiger partial charge in [0.25, 0.3) is 5.56 Å². The molecular weight excluding hydrogens is 390 g/mol. The van der Waals surface area contributed by atoms with Gasteiger partial charge in [0, 0.05) is 18.7 Å². The highest BCUT2D eigenvalue weighted by atomic mass is 32.2. The van der Waals surface area contributed by atoms with Crippen LogP contribution in [0.4, 0.5) is 0 Å². The maximum atomic E-state index is 12.8. The number of hydrogen-bond donors (Lipinski definition) is 0. The van der Waals surface area contributed by atoms with Crippen LogP contribution in [0.2, 0.25) is 0 Å². The van der Waals surface area contributed by atoms with Gasteiger partial charge in [-0.1, -0.05) is 30.3 Å². The van der Waals surface area contributed by atoms with Crippen molar-refractivity contribution < 1.29 is 13.2 Å². The Balaban J connectivity index is 1.83. The van der Waals surface area contributed by atoms with Crippen molar-refractivity contribution in [2.24, 2.45) is 0 Å². The van der Waals surface area contributed by atoms with Gasteiger partial charge in [-0.15, -0.1) is 0 Å². The molecular formula is C21H23N3O4S. The first-order chi connectivity index (χ1) is 13.6. The fourth-order valence-electron chi connectivity index (χ4n) is 3.18. The van der Waals surface area contributed by atoms with Gasteiger partial charge in [-0.25, -0.2) is 13.1 Å². The first kappa shape index (κ1) is 20.7. The van der Waals surface area contributed by atoms with Gasteiger partial charge in [0.1, 0.15) is 6.54 Å². The highest BCUT2D eigenvalue weighted by Crippen LogP contribution is 2.21. The van der Waals surface area contributed by atoms with Gasteiger partial charge in [-0.05, 0) is 37.6 Å². The third kappa shape index (κ3) is 4.22. The van der Waals surface area contributed by atoms with Crippen LogP contribution in [0.1, 0.15) is 24.2 Å². The quantitative estimate of drug-likeness (QED) is 0.640. The number of sulfone groups is 1. The predicted octanol–water partition coefficient (Wildman–Crippen LogP) is 2.33. The Morgan fingerprint density at radius 1 is 1.10 bits per heavy atom. The highest BCUT2D eigenvalue weighted by Gasteiger charge is 2.20. The van der Waals surface area contributed by atoms with E-state index >= 15 is 0 Å². The first-order valence-corrected chi connectivity index (χ1v) is 11.0. The van der Waals surface area contributed by atoms with Crippen LogP contribution in [0.25, 0.3) is 10.8 Å². The molecule has 0 N–H and O–H groups in total. The Morgan fingerprint density at radius 3 is 2.28 bits per heavy atom.